The zero-order valence-corrected chi connectivity index (χ0v) is 11.7. The molecule has 96 valence electrons. The fourth-order valence-corrected chi connectivity index (χ4v) is 2.28. The first-order valence-electron chi connectivity index (χ1n) is 5.57. The van der Waals surface area contributed by atoms with Gasteiger partial charge in [0.1, 0.15) is 0 Å². The topological polar surface area (TPSA) is 47.9 Å². The minimum atomic E-state index is 0. The van der Waals surface area contributed by atoms with E-state index in [0.717, 1.165) is 6.42 Å². The van der Waals surface area contributed by atoms with Gasteiger partial charge in [0.2, 0.25) is 0 Å². The van der Waals surface area contributed by atoms with Gasteiger partial charge in [0.05, 0.1) is 10.0 Å². The number of nitrogens with zero attached hydrogens (tertiary/aromatic N) is 1. The molecule has 0 aliphatic heterocycles. The largest absolute Gasteiger partial charge is 0.344 e. The summed E-state index contributed by atoms with van der Waals surface area (Å²) in [4.78, 5) is 4.16. The molecule has 4 heteroatoms. The van der Waals surface area contributed by atoms with E-state index in [0.29, 0.717) is 16.0 Å². The van der Waals surface area contributed by atoms with Crippen LogP contribution in [0.3, 0.4) is 0 Å². The van der Waals surface area contributed by atoms with Crippen LogP contribution in [0.15, 0.2) is 42.7 Å². The monoisotopic (exact) mass is 282 g/mol. The van der Waals surface area contributed by atoms with Gasteiger partial charge in [0.25, 0.3) is 0 Å². The van der Waals surface area contributed by atoms with Crippen molar-refractivity contribution in [2.75, 3.05) is 0 Å². The molecule has 2 rings (SSSR count). The molecule has 1 aromatic heterocycles. The first kappa shape index (κ1) is 15.0. The minimum Gasteiger partial charge on any atom is -0.344 e. The van der Waals surface area contributed by atoms with Crippen LogP contribution in [-0.2, 0) is 0 Å². The number of pyridine rings is 1. The van der Waals surface area contributed by atoms with Crippen LogP contribution < -0.4 is 6.15 Å². The fraction of sp³-hybridized carbons (Fsp3) is 0.214. The maximum atomic E-state index is 6.05. The van der Waals surface area contributed by atoms with Crippen LogP contribution in [0.4, 0.5) is 0 Å². The van der Waals surface area contributed by atoms with Gasteiger partial charge in [-0.15, -0.1) is 0 Å². The Morgan fingerprint density at radius 1 is 1.11 bits per heavy atom. The molecule has 0 spiro atoms. The highest BCUT2D eigenvalue weighted by Crippen LogP contribution is 2.31. The van der Waals surface area contributed by atoms with E-state index in [1.807, 2.05) is 30.5 Å². The summed E-state index contributed by atoms with van der Waals surface area (Å²) in [5.41, 5.74) is 2.38. The Labute approximate surface area is 118 Å². The Morgan fingerprint density at radius 3 is 2.44 bits per heavy atom. The average Bonchev–Trinajstić information content (AvgIpc) is 2.36. The number of hydrogen-bond acceptors (Lipinski definition) is 2. The molecule has 0 amide bonds. The second-order valence-electron chi connectivity index (χ2n) is 3.92. The van der Waals surface area contributed by atoms with Crippen LogP contribution >= 0.6 is 23.2 Å². The van der Waals surface area contributed by atoms with E-state index in [2.05, 4.69) is 18.0 Å². The number of hydrogen-bond donors (Lipinski definition) is 1. The van der Waals surface area contributed by atoms with Crippen LogP contribution in [0.2, 0.25) is 10.0 Å². The summed E-state index contributed by atoms with van der Waals surface area (Å²) in [5.74, 6) is 0.318. The third kappa shape index (κ3) is 3.22. The van der Waals surface area contributed by atoms with Crippen molar-refractivity contribution in [3.8, 4) is 0 Å². The highest BCUT2D eigenvalue weighted by Gasteiger charge is 2.13. The van der Waals surface area contributed by atoms with E-state index in [9.17, 15) is 0 Å². The molecule has 1 unspecified atom stereocenters. The highest BCUT2D eigenvalue weighted by atomic mass is 35.5. The van der Waals surface area contributed by atoms with E-state index in [1.165, 1.54) is 11.1 Å². The van der Waals surface area contributed by atoms with Crippen molar-refractivity contribution in [2.45, 2.75) is 19.3 Å². The van der Waals surface area contributed by atoms with Crippen molar-refractivity contribution in [3.05, 3.63) is 63.9 Å². The number of benzene rings is 1. The SMILES string of the molecule is CCC(c1cccnc1)c1ccc(Cl)c(Cl)c1.N. The van der Waals surface area contributed by atoms with Crippen molar-refractivity contribution in [3.63, 3.8) is 0 Å². The zero-order valence-electron chi connectivity index (χ0n) is 10.2. The lowest BCUT2D eigenvalue weighted by Crippen LogP contribution is -2.00. The van der Waals surface area contributed by atoms with Crippen LogP contribution in [0.1, 0.15) is 30.4 Å². The first-order valence-corrected chi connectivity index (χ1v) is 6.33. The molecule has 3 N–H and O–H groups in total. The smallest absolute Gasteiger partial charge is 0.0595 e. The van der Waals surface area contributed by atoms with Crippen LogP contribution in [0, 0.1) is 0 Å². The van der Waals surface area contributed by atoms with Gasteiger partial charge in [-0.1, -0.05) is 42.3 Å². The first-order chi connectivity index (χ1) is 8.22. The van der Waals surface area contributed by atoms with Crippen molar-refractivity contribution in [1.82, 2.24) is 11.1 Å². The Balaban J connectivity index is 0.00000162. The van der Waals surface area contributed by atoms with Crippen molar-refractivity contribution >= 4 is 23.2 Å². The normalized spacial score (nSPS) is 11.7. The molecule has 1 atom stereocenters. The van der Waals surface area contributed by atoms with Gasteiger partial charge in [-0.2, -0.15) is 0 Å². The summed E-state index contributed by atoms with van der Waals surface area (Å²) in [6.45, 7) is 2.15. The summed E-state index contributed by atoms with van der Waals surface area (Å²) in [6.07, 6.45) is 4.69. The van der Waals surface area contributed by atoms with E-state index in [1.54, 1.807) is 6.20 Å². The Kier molecular flexibility index (Phi) is 5.60. The molecule has 0 saturated carbocycles. The van der Waals surface area contributed by atoms with Crippen molar-refractivity contribution < 1.29 is 0 Å². The Hall–Kier alpha value is -1.09. The number of aromatic nitrogens is 1. The van der Waals surface area contributed by atoms with Gasteiger partial charge in [0, 0.05) is 18.3 Å². The maximum Gasteiger partial charge on any atom is 0.0595 e. The van der Waals surface area contributed by atoms with Gasteiger partial charge in [0.15, 0.2) is 0 Å². The van der Waals surface area contributed by atoms with Crippen molar-refractivity contribution in [1.29, 1.82) is 0 Å². The van der Waals surface area contributed by atoms with Crippen LogP contribution in [0.25, 0.3) is 0 Å². The van der Waals surface area contributed by atoms with E-state index in [-0.39, 0.29) is 6.15 Å². The standard InChI is InChI=1S/C14H13Cl2N.H3N/c1-2-12(11-4-3-7-17-9-11)10-5-6-13(15)14(16)8-10;/h3-9,12H,2H2,1H3;1H3. The molecule has 1 heterocycles. The summed E-state index contributed by atoms with van der Waals surface area (Å²) < 4.78 is 0. The third-order valence-electron chi connectivity index (χ3n) is 2.84. The molecule has 0 aliphatic carbocycles. The van der Waals surface area contributed by atoms with Gasteiger partial charge >= 0.3 is 0 Å². The highest BCUT2D eigenvalue weighted by molar-refractivity contribution is 6.42. The lowest BCUT2D eigenvalue weighted by atomic mass is 9.90. The second-order valence-corrected chi connectivity index (χ2v) is 4.74. The second kappa shape index (κ2) is 6.74. The molecule has 0 radical (unpaired) electrons. The third-order valence-corrected chi connectivity index (χ3v) is 3.58. The van der Waals surface area contributed by atoms with E-state index < -0.39 is 0 Å². The summed E-state index contributed by atoms with van der Waals surface area (Å²) >= 11 is 12.0. The summed E-state index contributed by atoms with van der Waals surface area (Å²) in [7, 11) is 0. The van der Waals surface area contributed by atoms with Gasteiger partial charge in [-0.05, 0) is 35.7 Å². The van der Waals surface area contributed by atoms with E-state index >= 15 is 0 Å². The van der Waals surface area contributed by atoms with Gasteiger partial charge in [-0.3, -0.25) is 4.98 Å². The fourth-order valence-electron chi connectivity index (χ4n) is 1.98. The zero-order chi connectivity index (χ0) is 12.3. The molecule has 1 aromatic carbocycles. The molecule has 0 bridgehead atoms. The Morgan fingerprint density at radius 2 is 1.89 bits per heavy atom. The molecule has 0 fully saturated rings. The predicted molar refractivity (Wildman–Crippen MR) is 77.9 cm³/mol. The number of rotatable bonds is 3. The predicted octanol–water partition coefficient (Wildman–Crippen LogP) is 5.09. The molecule has 2 aromatic rings. The quantitative estimate of drug-likeness (QED) is 0.852. The molecule has 0 saturated heterocycles. The lowest BCUT2D eigenvalue weighted by molar-refractivity contribution is 0.773. The maximum absolute atomic E-state index is 6.05. The van der Waals surface area contributed by atoms with Crippen LogP contribution in [0.5, 0.6) is 0 Å². The molecule has 2 nitrogen and oxygen atoms in total. The Bertz CT molecular complexity index is 500. The molecular formula is C14H16Cl2N2. The lowest BCUT2D eigenvalue weighted by Gasteiger charge is -2.16. The summed E-state index contributed by atoms with van der Waals surface area (Å²) in [6, 6.07) is 9.85. The van der Waals surface area contributed by atoms with Gasteiger partial charge in [-0.25, -0.2) is 0 Å². The van der Waals surface area contributed by atoms with Crippen LogP contribution in [-0.4, -0.2) is 4.98 Å². The van der Waals surface area contributed by atoms with E-state index in [4.69, 9.17) is 23.2 Å². The minimum absolute atomic E-state index is 0. The van der Waals surface area contributed by atoms with Crippen molar-refractivity contribution in [2.24, 2.45) is 0 Å². The molecule has 18 heavy (non-hydrogen) atoms. The number of halogens is 2. The molecule has 0 aliphatic rings. The summed E-state index contributed by atoms with van der Waals surface area (Å²) in [5, 5.41) is 1.20. The average molecular weight is 283 g/mol. The molecular weight excluding hydrogens is 267 g/mol. The van der Waals surface area contributed by atoms with Gasteiger partial charge < -0.3 is 6.15 Å².